The maximum Gasteiger partial charge on any atom is 0.130 e. The molecule has 0 atom stereocenters. The number of fused-ring (bicyclic) bond motifs is 1. The second-order valence-corrected chi connectivity index (χ2v) is 7.04. The van der Waals surface area contributed by atoms with E-state index >= 15 is 0 Å². The fraction of sp³-hybridized carbons (Fsp3) is 0.333. The van der Waals surface area contributed by atoms with E-state index in [0.29, 0.717) is 5.92 Å². The molecule has 0 saturated heterocycles. The molecule has 4 nitrogen and oxygen atoms in total. The van der Waals surface area contributed by atoms with Crippen molar-refractivity contribution in [3.63, 3.8) is 0 Å². The van der Waals surface area contributed by atoms with Gasteiger partial charge < -0.3 is 11.2 Å². The first-order valence-electron chi connectivity index (χ1n) is 8.85. The summed E-state index contributed by atoms with van der Waals surface area (Å²) in [7, 11) is 0. The SMILES string of the molecule is C=C(/C=N\N)c1ccc2cnc(NC(=C)C3CCC(C)CC3)cc2c1. The number of hydrogen-bond donors (Lipinski definition) is 2. The summed E-state index contributed by atoms with van der Waals surface area (Å²) < 4.78 is 0. The number of nitrogens with zero attached hydrogens (tertiary/aromatic N) is 2. The van der Waals surface area contributed by atoms with Crippen LogP contribution in [0.25, 0.3) is 16.3 Å². The Morgan fingerprint density at radius 2 is 1.96 bits per heavy atom. The number of nitrogens with two attached hydrogens (primary N) is 1. The van der Waals surface area contributed by atoms with Gasteiger partial charge in [-0.2, -0.15) is 5.10 Å². The molecule has 0 aliphatic heterocycles. The second-order valence-electron chi connectivity index (χ2n) is 7.04. The Morgan fingerprint density at radius 3 is 2.68 bits per heavy atom. The Balaban J connectivity index is 1.77. The molecule has 0 unspecified atom stereocenters. The normalized spacial score (nSPS) is 20.7. The summed E-state index contributed by atoms with van der Waals surface area (Å²) in [5, 5.41) is 9.15. The number of hydrazone groups is 1. The highest BCUT2D eigenvalue weighted by molar-refractivity contribution is 6.09. The molecule has 0 amide bonds. The zero-order valence-electron chi connectivity index (χ0n) is 14.8. The van der Waals surface area contributed by atoms with Gasteiger partial charge >= 0.3 is 0 Å². The summed E-state index contributed by atoms with van der Waals surface area (Å²) >= 11 is 0. The van der Waals surface area contributed by atoms with Gasteiger partial charge in [-0.15, -0.1) is 0 Å². The van der Waals surface area contributed by atoms with E-state index in [2.05, 4.69) is 47.6 Å². The summed E-state index contributed by atoms with van der Waals surface area (Å²) in [6.07, 6.45) is 8.44. The second kappa shape index (κ2) is 7.51. The predicted octanol–water partition coefficient (Wildman–Crippen LogP) is 4.94. The van der Waals surface area contributed by atoms with Crippen LogP contribution in [0.5, 0.6) is 0 Å². The van der Waals surface area contributed by atoms with Gasteiger partial charge in [-0.3, -0.25) is 0 Å². The number of pyridine rings is 1. The van der Waals surface area contributed by atoms with Crippen LogP contribution in [0.3, 0.4) is 0 Å². The molecular formula is C21H26N4. The summed E-state index contributed by atoms with van der Waals surface area (Å²) in [4.78, 5) is 4.53. The molecule has 1 aliphatic rings. The molecular weight excluding hydrogens is 308 g/mol. The third-order valence-electron chi connectivity index (χ3n) is 5.12. The van der Waals surface area contributed by atoms with E-state index in [1.165, 1.54) is 25.7 Å². The van der Waals surface area contributed by atoms with Gasteiger partial charge in [0.15, 0.2) is 0 Å². The lowest BCUT2D eigenvalue weighted by atomic mass is 9.81. The average molecular weight is 334 g/mol. The molecule has 3 rings (SSSR count). The minimum Gasteiger partial charge on any atom is -0.344 e. The lowest BCUT2D eigenvalue weighted by Crippen LogP contribution is -2.18. The number of allylic oxidation sites excluding steroid dienone is 2. The number of anilines is 1. The molecule has 1 heterocycles. The molecule has 4 heteroatoms. The minimum atomic E-state index is 0.542. The maximum atomic E-state index is 5.22. The Bertz CT molecular complexity index is 814. The number of aromatic nitrogens is 1. The van der Waals surface area contributed by atoms with Crippen molar-refractivity contribution in [2.24, 2.45) is 22.8 Å². The first-order chi connectivity index (χ1) is 12.1. The van der Waals surface area contributed by atoms with Crippen molar-refractivity contribution in [1.82, 2.24) is 4.98 Å². The fourth-order valence-corrected chi connectivity index (χ4v) is 3.45. The summed E-state index contributed by atoms with van der Waals surface area (Å²) in [5.74, 6) is 7.44. The zero-order chi connectivity index (χ0) is 17.8. The zero-order valence-corrected chi connectivity index (χ0v) is 14.8. The first-order valence-corrected chi connectivity index (χ1v) is 8.85. The largest absolute Gasteiger partial charge is 0.344 e. The van der Waals surface area contributed by atoms with E-state index in [0.717, 1.165) is 39.3 Å². The van der Waals surface area contributed by atoms with Crippen molar-refractivity contribution in [2.75, 3.05) is 5.32 Å². The van der Waals surface area contributed by atoms with E-state index in [4.69, 9.17) is 5.84 Å². The molecule has 1 aromatic heterocycles. The van der Waals surface area contributed by atoms with E-state index in [1.54, 1.807) is 6.21 Å². The van der Waals surface area contributed by atoms with Crippen molar-refractivity contribution in [3.8, 4) is 0 Å². The number of nitrogens with one attached hydrogen (secondary N) is 1. The Kier molecular flexibility index (Phi) is 5.17. The summed E-state index contributed by atoms with van der Waals surface area (Å²) in [6, 6.07) is 8.18. The number of hydrogen-bond acceptors (Lipinski definition) is 4. The summed E-state index contributed by atoms with van der Waals surface area (Å²) in [6.45, 7) is 10.6. The Morgan fingerprint density at radius 1 is 1.20 bits per heavy atom. The van der Waals surface area contributed by atoms with Crippen LogP contribution in [0.2, 0.25) is 0 Å². The highest BCUT2D eigenvalue weighted by Gasteiger charge is 2.20. The molecule has 130 valence electrons. The minimum absolute atomic E-state index is 0.542. The van der Waals surface area contributed by atoms with Gasteiger partial charge in [0.05, 0.1) is 6.21 Å². The Hall–Kier alpha value is -2.62. The van der Waals surface area contributed by atoms with E-state index in [9.17, 15) is 0 Å². The van der Waals surface area contributed by atoms with Crippen molar-refractivity contribution in [3.05, 3.63) is 54.9 Å². The van der Waals surface area contributed by atoms with Gasteiger partial charge in [0.2, 0.25) is 0 Å². The molecule has 0 radical (unpaired) electrons. The highest BCUT2D eigenvalue weighted by Crippen LogP contribution is 2.33. The van der Waals surface area contributed by atoms with E-state index in [-0.39, 0.29) is 0 Å². The van der Waals surface area contributed by atoms with Crippen molar-refractivity contribution >= 4 is 28.4 Å². The Labute approximate surface area is 149 Å². The van der Waals surface area contributed by atoms with Gasteiger partial charge in [-0.1, -0.05) is 45.1 Å². The van der Waals surface area contributed by atoms with Crippen molar-refractivity contribution in [1.29, 1.82) is 0 Å². The van der Waals surface area contributed by atoms with Crippen molar-refractivity contribution < 1.29 is 0 Å². The van der Waals surface area contributed by atoms with Crippen LogP contribution in [0, 0.1) is 11.8 Å². The monoisotopic (exact) mass is 334 g/mol. The third kappa shape index (κ3) is 4.08. The average Bonchev–Trinajstić information content (AvgIpc) is 2.62. The van der Waals surface area contributed by atoms with Gasteiger partial charge in [-0.25, -0.2) is 4.98 Å². The topological polar surface area (TPSA) is 63.3 Å². The molecule has 1 aromatic carbocycles. The third-order valence-corrected chi connectivity index (χ3v) is 5.12. The van der Waals surface area contributed by atoms with Gasteiger partial charge in [-0.05, 0) is 53.3 Å². The van der Waals surface area contributed by atoms with Crippen LogP contribution in [0.4, 0.5) is 5.82 Å². The number of rotatable bonds is 5. The van der Waals surface area contributed by atoms with Gasteiger partial charge in [0, 0.05) is 17.3 Å². The molecule has 3 N–H and O–H groups in total. The maximum absolute atomic E-state index is 5.22. The van der Waals surface area contributed by atoms with Gasteiger partial charge in [0.25, 0.3) is 0 Å². The van der Waals surface area contributed by atoms with Crippen molar-refractivity contribution in [2.45, 2.75) is 32.6 Å². The van der Waals surface area contributed by atoms with Crippen LogP contribution in [0.1, 0.15) is 38.2 Å². The lowest BCUT2D eigenvalue weighted by Gasteiger charge is -2.28. The standard InChI is InChI=1S/C21H26N4/c1-14-4-6-17(7-5-14)16(3)25-21-11-20-10-18(15(2)12-24-22)8-9-19(20)13-23-21/h8-14,17H,2-7,22H2,1H3,(H,23,25)/b24-12-. The quantitative estimate of drug-likeness (QED) is 0.462. The van der Waals surface area contributed by atoms with Crippen LogP contribution >= 0.6 is 0 Å². The predicted molar refractivity (Wildman–Crippen MR) is 107 cm³/mol. The van der Waals surface area contributed by atoms with Gasteiger partial charge in [0.1, 0.15) is 5.82 Å². The molecule has 25 heavy (non-hydrogen) atoms. The lowest BCUT2D eigenvalue weighted by molar-refractivity contribution is 0.321. The molecule has 1 aliphatic carbocycles. The van der Waals surface area contributed by atoms with Crippen LogP contribution in [-0.2, 0) is 0 Å². The van der Waals surface area contributed by atoms with Crippen LogP contribution < -0.4 is 11.2 Å². The number of benzene rings is 1. The molecule has 1 fully saturated rings. The molecule has 1 saturated carbocycles. The first kappa shape index (κ1) is 17.2. The molecule has 0 spiro atoms. The summed E-state index contributed by atoms with van der Waals surface area (Å²) in [5.41, 5.74) is 2.87. The van der Waals surface area contributed by atoms with E-state index < -0.39 is 0 Å². The van der Waals surface area contributed by atoms with Crippen LogP contribution in [0.15, 0.2) is 54.4 Å². The fourth-order valence-electron chi connectivity index (χ4n) is 3.45. The molecule has 0 bridgehead atoms. The highest BCUT2D eigenvalue weighted by atomic mass is 15.1. The van der Waals surface area contributed by atoms with E-state index in [1.807, 2.05) is 18.3 Å². The smallest absolute Gasteiger partial charge is 0.130 e. The van der Waals surface area contributed by atoms with Crippen LogP contribution in [-0.4, -0.2) is 11.2 Å². The molecule has 2 aromatic rings.